The Morgan fingerprint density at radius 2 is 2.00 bits per heavy atom. The van der Waals surface area contributed by atoms with E-state index in [1.54, 1.807) is 13.8 Å². The summed E-state index contributed by atoms with van der Waals surface area (Å²) >= 11 is 0. The Hall–Kier alpha value is -1.10. The first-order chi connectivity index (χ1) is 6.91. The highest BCUT2D eigenvalue weighted by molar-refractivity contribution is 5.87. The van der Waals surface area contributed by atoms with E-state index in [-0.39, 0.29) is 12.5 Å². The van der Waals surface area contributed by atoms with Crippen molar-refractivity contribution >= 4 is 11.9 Å². The van der Waals surface area contributed by atoms with Gasteiger partial charge in [0.15, 0.2) is 0 Å². The number of hydrogen-bond donors (Lipinski definition) is 3. The Morgan fingerprint density at radius 1 is 1.47 bits per heavy atom. The number of carboxylic acids is 1. The number of carbonyl (C=O) groups is 2. The molecule has 4 N–H and O–H groups in total. The number of amides is 1. The molecule has 0 bridgehead atoms. The molecule has 0 aromatic rings. The highest BCUT2D eigenvalue weighted by Gasteiger charge is 2.32. The zero-order chi connectivity index (χ0) is 12.1. The molecule has 0 radical (unpaired) electrons. The van der Waals surface area contributed by atoms with E-state index in [1.165, 1.54) is 0 Å². The van der Waals surface area contributed by atoms with Crippen LogP contribution >= 0.6 is 0 Å². The minimum atomic E-state index is -1.01. The van der Waals surface area contributed by atoms with Gasteiger partial charge in [0, 0.05) is 6.54 Å². The van der Waals surface area contributed by atoms with E-state index >= 15 is 0 Å². The first kappa shape index (κ1) is 13.9. The number of nitrogens with two attached hydrogens (primary N) is 1. The Morgan fingerprint density at radius 3 is 2.27 bits per heavy atom. The molecule has 5 heteroatoms. The summed E-state index contributed by atoms with van der Waals surface area (Å²) in [6, 6.07) is -0.824. The van der Waals surface area contributed by atoms with Crippen molar-refractivity contribution in [3.8, 4) is 0 Å². The van der Waals surface area contributed by atoms with Crippen molar-refractivity contribution < 1.29 is 14.7 Å². The summed E-state index contributed by atoms with van der Waals surface area (Å²) in [7, 11) is 0. The summed E-state index contributed by atoms with van der Waals surface area (Å²) in [6.07, 6.45) is 0.955. The average Bonchev–Trinajstić information content (AvgIpc) is 2.23. The van der Waals surface area contributed by atoms with Gasteiger partial charge in [0.1, 0.15) is 6.04 Å². The van der Waals surface area contributed by atoms with Crippen molar-refractivity contribution in [1.29, 1.82) is 0 Å². The van der Waals surface area contributed by atoms with Crippen LogP contribution in [0.15, 0.2) is 0 Å². The predicted octanol–water partition coefficient (Wildman–Crippen LogP) is 0.341. The summed E-state index contributed by atoms with van der Waals surface area (Å²) in [5, 5.41) is 11.3. The lowest BCUT2D eigenvalue weighted by molar-refractivity contribution is -0.143. The number of aliphatic carboxylic acids is 1. The van der Waals surface area contributed by atoms with E-state index in [1.807, 2.05) is 6.92 Å². The molecule has 0 heterocycles. The van der Waals surface area contributed by atoms with Crippen molar-refractivity contribution in [3.05, 3.63) is 0 Å². The highest BCUT2D eigenvalue weighted by atomic mass is 16.4. The maximum absolute atomic E-state index is 11.7. The van der Waals surface area contributed by atoms with Gasteiger partial charge in [-0.05, 0) is 19.8 Å². The molecule has 0 saturated heterocycles. The van der Waals surface area contributed by atoms with Crippen LogP contribution < -0.4 is 11.1 Å². The van der Waals surface area contributed by atoms with Crippen LogP contribution in [-0.2, 0) is 9.59 Å². The maximum atomic E-state index is 11.7. The number of carboxylic acid groups (broad SMARTS) is 1. The molecular formula is C10H20N2O3. The summed E-state index contributed by atoms with van der Waals surface area (Å²) < 4.78 is 0. The van der Waals surface area contributed by atoms with E-state index < -0.39 is 17.4 Å². The largest absolute Gasteiger partial charge is 0.480 e. The summed E-state index contributed by atoms with van der Waals surface area (Å²) in [5.41, 5.74) is 4.83. The van der Waals surface area contributed by atoms with Crippen molar-refractivity contribution in [2.24, 2.45) is 11.1 Å². The smallest absolute Gasteiger partial charge is 0.326 e. The lowest BCUT2D eigenvalue weighted by atomic mass is 9.86. The monoisotopic (exact) mass is 216 g/mol. The van der Waals surface area contributed by atoms with E-state index in [0.717, 1.165) is 0 Å². The molecular weight excluding hydrogens is 196 g/mol. The van der Waals surface area contributed by atoms with Crippen molar-refractivity contribution in [2.45, 2.75) is 39.7 Å². The van der Waals surface area contributed by atoms with Gasteiger partial charge in [0.2, 0.25) is 5.91 Å². The molecule has 2 atom stereocenters. The molecule has 5 nitrogen and oxygen atoms in total. The molecule has 0 saturated carbocycles. The third-order valence-corrected chi connectivity index (χ3v) is 2.79. The van der Waals surface area contributed by atoms with Gasteiger partial charge in [-0.2, -0.15) is 0 Å². The van der Waals surface area contributed by atoms with Gasteiger partial charge in [0.25, 0.3) is 0 Å². The van der Waals surface area contributed by atoms with Gasteiger partial charge in [-0.3, -0.25) is 4.79 Å². The van der Waals surface area contributed by atoms with Crippen LogP contribution in [0.4, 0.5) is 0 Å². The van der Waals surface area contributed by atoms with Gasteiger partial charge in [-0.15, -0.1) is 0 Å². The number of nitrogens with one attached hydrogen (secondary N) is 1. The first-order valence-corrected chi connectivity index (χ1v) is 5.15. The van der Waals surface area contributed by atoms with Crippen LogP contribution in [0.1, 0.15) is 33.6 Å². The minimum absolute atomic E-state index is 0.214. The standard InChI is InChI=1S/C10H20N2O3/c1-4-7(8(13)14)12-9(15)10(3,5-2)6-11/h7H,4-6,11H2,1-3H3,(H,12,15)(H,13,14)/t7-,10?/m1/s1. The normalized spacial score (nSPS) is 16.5. The molecule has 0 aromatic heterocycles. The van der Waals surface area contributed by atoms with Gasteiger partial charge in [-0.25, -0.2) is 4.79 Å². The molecule has 0 aromatic carbocycles. The van der Waals surface area contributed by atoms with Crippen LogP contribution in [0.2, 0.25) is 0 Å². The molecule has 15 heavy (non-hydrogen) atoms. The molecule has 1 amide bonds. The summed E-state index contributed by atoms with van der Waals surface area (Å²) in [6.45, 7) is 5.52. The SMILES string of the molecule is CC[C@@H](NC(=O)C(C)(CC)CN)C(=O)O. The fourth-order valence-electron chi connectivity index (χ4n) is 1.07. The fourth-order valence-corrected chi connectivity index (χ4v) is 1.07. The van der Waals surface area contributed by atoms with Crippen LogP contribution in [0, 0.1) is 5.41 Å². The minimum Gasteiger partial charge on any atom is -0.480 e. The van der Waals surface area contributed by atoms with Gasteiger partial charge < -0.3 is 16.2 Å². The van der Waals surface area contributed by atoms with Gasteiger partial charge >= 0.3 is 5.97 Å². The van der Waals surface area contributed by atoms with Crippen molar-refractivity contribution in [2.75, 3.05) is 6.54 Å². The molecule has 0 aliphatic rings. The Labute approximate surface area is 90.0 Å². The van der Waals surface area contributed by atoms with E-state index in [4.69, 9.17) is 10.8 Å². The Bertz CT molecular complexity index is 237. The number of hydrogen-bond acceptors (Lipinski definition) is 3. The predicted molar refractivity (Wildman–Crippen MR) is 57.3 cm³/mol. The van der Waals surface area contributed by atoms with E-state index in [0.29, 0.717) is 12.8 Å². The topological polar surface area (TPSA) is 92.4 Å². The van der Waals surface area contributed by atoms with Crippen molar-refractivity contribution in [3.63, 3.8) is 0 Å². The molecule has 0 rings (SSSR count). The van der Waals surface area contributed by atoms with E-state index in [9.17, 15) is 9.59 Å². The average molecular weight is 216 g/mol. The lowest BCUT2D eigenvalue weighted by Gasteiger charge is -2.26. The van der Waals surface area contributed by atoms with Crippen LogP contribution in [0.5, 0.6) is 0 Å². The molecule has 0 aliphatic carbocycles. The van der Waals surface area contributed by atoms with Gasteiger partial charge in [-0.1, -0.05) is 13.8 Å². The van der Waals surface area contributed by atoms with Crippen LogP contribution in [0.3, 0.4) is 0 Å². The Balaban J connectivity index is 4.52. The second-order valence-electron chi connectivity index (χ2n) is 3.89. The molecule has 0 aliphatic heterocycles. The molecule has 0 fully saturated rings. The van der Waals surface area contributed by atoms with Crippen molar-refractivity contribution in [1.82, 2.24) is 5.32 Å². The number of carbonyl (C=O) groups excluding carboxylic acids is 1. The zero-order valence-corrected chi connectivity index (χ0v) is 9.54. The fraction of sp³-hybridized carbons (Fsp3) is 0.800. The quantitative estimate of drug-likeness (QED) is 0.597. The highest BCUT2D eigenvalue weighted by Crippen LogP contribution is 2.19. The third kappa shape index (κ3) is 3.51. The van der Waals surface area contributed by atoms with E-state index in [2.05, 4.69) is 5.32 Å². The number of rotatable bonds is 6. The Kier molecular flexibility index (Phi) is 5.28. The maximum Gasteiger partial charge on any atom is 0.326 e. The third-order valence-electron chi connectivity index (χ3n) is 2.79. The molecule has 1 unspecified atom stereocenters. The zero-order valence-electron chi connectivity index (χ0n) is 9.54. The summed E-state index contributed by atoms with van der Waals surface area (Å²) in [5.74, 6) is -1.30. The van der Waals surface area contributed by atoms with Crippen LogP contribution in [0.25, 0.3) is 0 Å². The second-order valence-corrected chi connectivity index (χ2v) is 3.89. The lowest BCUT2D eigenvalue weighted by Crippen LogP contribution is -2.49. The second kappa shape index (κ2) is 5.70. The van der Waals surface area contributed by atoms with Gasteiger partial charge in [0.05, 0.1) is 5.41 Å². The van der Waals surface area contributed by atoms with Crippen LogP contribution in [-0.4, -0.2) is 29.6 Å². The molecule has 0 spiro atoms. The summed E-state index contributed by atoms with van der Waals surface area (Å²) in [4.78, 5) is 22.5. The molecule has 88 valence electrons. The first-order valence-electron chi connectivity index (χ1n) is 5.15.